The molecule has 1 rings (SSSR count). The zero-order valence-corrected chi connectivity index (χ0v) is 13.4. The highest BCUT2D eigenvalue weighted by atomic mass is 14.6. The maximum absolute atomic E-state index is 6.36. The van der Waals surface area contributed by atoms with Gasteiger partial charge in [-0.05, 0) is 61.2 Å². The first kappa shape index (κ1) is 16.0. The normalized spacial score (nSPS) is 48.5. The summed E-state index contributed by atoms with van der Waals surface area (Å²) in [5, 5.41) is 0. The van der Waals surface area contributed by atoms with Crippen LogP contribution in [0.15, 0.2) is 0 Å². The molecule has 108 valence electrons. The third-order valence-electron chi connectivity index (χ3n) is 5.86. The molecule has 3 unspecified atom stereocenters. The first-order valence-electron chi connectivity index (χ1n) is 8.08. The lowest BCUT2D eigenvalue weighted by molar-refractivity contribution is 0.184. The Morgan fingerprint density at radius 2 is 1.17 bits per heavy atom. The van der Waals surface area contributed by atoms with Gasteiger partial charge in [-0.25, -0.2) is 0 Å². The van der Waals surface area contributed by atoms with Crippen LogP contribution in [0.1, 0.15) is 67.2 Å². The van der Waals surface area contributed by atoms with Gasteiger partial charge >= 0.3 is 0 Å². The number of rotatable bonds is 0. The molecule has 1 heteroatoms. The highest BCUT2D eigenvalue weighted by molar-refractivity contribution is 4.80. The summed E-state index contributed by atoms with van der Waals surface area (Å²) in [6.07, 6.45) is 5.19. The van der Waals surface area contributed by atoms with E-state index in [1.54, 1.807) is 0 Å². The Bertz CT molecular complexity index is 238. The maximum atomic E-state index is 6.36. The van der Waals surface area contributed by atoms with E-state index in [0.29, 0.717) is 12.0 Å². The number of hydrogen-bond donors (Lipinski definition) is 1. The molecule has 7 atom stereocenters. The zero-order chi connectivity index (χ0) is 13.9. The fraction of sp³-hybridized carbons (Fsp3) is 1.00. The minimum Gasteiger partial charge on any atom is -0.327 e. The third kappa shape index (κ3) is 4.26. The van der Waals surface area contributed by atoms with Gasteiger partial charge in [0.15, 0.2) is 0 Å². The molecule has 2 N–H and O–H groups in total. The van der Waals surface area contributed by atoms with Crippen molar-refractivity contribution in [1.29, 1.82) is 0 Å². The van der Waals surface area contributed by atoms with Gasteiger partial charge in [-0.1, -0.05) is 41.5 Å². The molecule has 0 aromatic heterocycles. The van der Waals surface area contributed by atoms with E-state index in [9.17, 15) is 0 Å². The van der Waals surface area contributed by atoms with Crippen molar-refractivity contribution in [3.63, 3.8) is 0 Å². The SMILES string of the molecule is CC1CC(C)[C@H](C)[C@H](C)[C@H](C)CCC(N)[C@H](C)C1. The average Bonchev–Trinajstić information content (AvgIpc) is 2.32. The van der Waals surface area contributed by atoms with E-state index >= 15 is 0 Å². The second-order valence-electron chi connectivity index (χ2n) is 7.47. The van der Waals surface area contributed by atoms with Gasteiger partial charge in [0, 0.05) is 6.04 Å². The molecule has 0 aliphatic heterocycles. The Morgan fingerprint density at radius 1 is 0.667 bits per heavy atom. The smallest absolute Gasteiger partial charge is 0.00647 e. The van der Waals surface area contributed by atoms with Crippen LogP contribution in [0.5, 0.6) is 0 Å². The first-order chi connectivity index (χ1) is 8.32. The second kappa shape index (κ2) is 6.93. The largest absolute Gasteiger partial charge is 0.327 e. The van der Waals surface area contributed by atoms with E-state index in [1.807, 2.05) is 0 Å². The average molecular weight is 253 g/mol. The van der Waals surface area contributed by atoms with Crippen molar-refractivity contribution < 1.29 is 0 Å². The molecule has 0 radical (unpaired) electrons. The Balaban J connectivity index is 2.77. The van der Waals surface area contributed by atoms with Crippen molar-refractivity contribution in [3.8, 4) is 0 Å². The molecule has 0 amide bonds. The Hall–Kier alpha value is -0.0400. The fourth-order valence-electron chi connectivity index (χ4n) is 3.79. The molecule has 0 bridgehead atoms. The molecule has 0 aromatic carbocycles. The topological polar surface area (TPSA) is 26.0 Å². The molecule has 18 heavy (non-hydrogen) atoms. The molecule has 0 saturated heterocycles. The van der Waals surface area contributed by atoms with Crippen molar-refractivity contribution in [1.82, 2.24) is 0 Å². The van der Waals surface area contributed by atoms with Gasteiger partial charge in [0.1, 0.15) is 0 Å². The lowest BCUT2D eigenvalue weighted by Crippen LogP contribution is -2.30. The van der Waals surface area contributed by atoms with E-state index < -0.39 is 0 Å². The van der Waals surface area contributed by atoms with Gasteiger partial charge in [-0.15, -0.1) is 0 Å². The van der Waals surface area contributed by atoms with Gasteiger partial charge in [-0.2, -0.15) is 0 Å². The molecule has 1 saturated carbocycles. The highest BCUT2D eigenvalue weighted by Gasteiger charge is 2.28. The van der Waals surface area contributed by atoms with Gasteiger partial charge in [0.2, 0.25) is 0 Å². The van der Waals surface area contributed by atoms with Gasteiger partial charge in [-0.3, -0.25) is 0 Å². The van der Waals surface area contributed by atoms with Crippen LogP contribution in [-0.2, 0) is 0 Å². The quantitative estimate of drug-likeness (QED) is 0.665. The fourth-order valence-corrected chi connectivity index (χ4v) is 3.79. The van der Waals surface area contributed by atoms with Crippen molar-refractivity contribution in [2.24, 2.45) is 41.2 Å². The predicted molar refractivity (Wildman–Crippen MR) is 81.4 cm³/mol. The van der Waals surface area contributed by atoms with E-state index in [1.165, 1.54) is 25.7 Å². The van der Waals surface area contributed by atoms with Crippen LogP contribution in [0.25, 0.3) is 0 Å². The molecule has 1 fully saturated rings. The zero-order valence-electron chi connectivity index (χ0n) is 13.4. The van der Waals surface area contributed by atoms with E-state index in [-0.39, 0.29) is 0 Å². The van der Waals surface area contributed by atoms with Crippen molar-refractivity contribution >= 4 is 0 Å². The van der Waals surface area contributed by atoms with Gasteiger partial charge in [0.25, 0.3) is 0 Å². The summed E-state index contributed by atoms with van der Waals surface area (Å²) in [7, 11) is 0. The molecule has 0 spiro atoms. The highest BCUT2D eigenvalue weighted by Crippen LogP contribution is 2.35. The predicted octanol–water partition coefficient (Wildman–Crippen LogP) is 4.70. The lowest BCUT2D eigenvalue weighted by Gasteiger charge is -2.31. The Labute approximate surface area is 115 Å². The molecule has 1 nitrogen and oxygen atoms in total. The summed E-state index contributed by atoms with van der Waals surface area (Å²) in [6, 6.07) is 0.408. The van der Waals surface area contributed by atoms with Crippen LogP contribution in [0.2, 0.25) is 0 Å². The van der Waals surface area contributed by atoms with Gasteiger partial charge in [0.05, 0.1) is 0 Å². The van der Waals surface area contributed by atoms with Crippen molar-refractivity contribution in [2.75, 3.05) is 0 Å². The standard InChI is InChI=1S/C17H35N/c1-11-9-13(3)16(6)15(5)12(2)7-8-17(18)14(4)10-11/h11-17H,7-10,18H2,1-6H3/t11?,12-,13?,14-,15-,16+,17?/m1/s1. The minimum absolute atomic E-state index is 0.408. The third-order valence-corrected chi connectivity index (χ3v) is 5.86. The lowest BCUT2D eigenvalue weighted by atomic mass is 9.74. The molecule has 1 aliphatic carbocycles. The number of nitrogens with two attached hydrogens (primary N) is 1. The Morgan fingerprint density at radius 3 is 1.78 bits per heavy atom. The Kier molecular flexibility index (Phi) is 6.17. The second-order valence-corrected chi connectivity index (χ2v) is 7.47. The van der Waals surface area contributed by atoms with Crippen LogP contribution in [0.4, 0.5) is 0 Å². The van der Waals surface area contributed by atoms with Crippen LogP contribution >= 0.6 is 0 Å². The summed E-state index contributed by atoms with van der Waals surface area (Å²) < 4.78 is 0. The maximum Gasteiger partial charge on any atom is 0.00647 e. The first-order valence-corrected chi connectivity index (χ1v) is 8.08. The van der Waals surface area contributed by atoms with Crippen LogP contribution in [-0.4, -0.2) is 6.04 Å². The number of hydrogen-bond acceptors (Lipinski definition) is 1. The van der Waals surface area contributed by atoms with E-state index in [2.05, 4.69) is 41.5 Å². The molecular weight excluding hydrogens is 218 g/mol. The van der Waals surface area contributed by atoms with E-state index in [4.69, 9.17) is 5.73 Å². The summed E-state index contributed by atoms with van der Waals surface area (Å²) in [4.78, 5) is 0. The monoisotopic (exact) mass is 253 g/mol. The van der Waals surface area contributed by atoms with Crippen molar-refractivity contribution in [2.45, 2.75) is 73.3 Å². The summed E-state index contributed by atoms with van der Waals surface area (Å²) in [5.41, 5.74) is 6.36. The van der Waals surface area contributed by atoms with Gasteiger partial charge < -0.3 is 5.73 Å². The molecule has 0 aromatic rings. The van der Waals surface area contributed by atoms with Crippen LogP contribution in [0.3, 0.4) is 0 Å². The summed E-state index contributed by atoms with van der Waals surface area (Å²) in [6.45, 7) is 14.5. The summed E-state index contributed by atoms with van der Waals surface area (Å²) in [5.74, 6) is 4.83. The van der Waals surface area contributed by atoms with Crippen LogP contribution < -0.4 is 5.73 Å². The summed E-state index contributed by atoms with van der Waals surface area (Å²) >= 11 is 0. The van der Waals surface area contributed by atoms with Crippen molar-refractivity contribution in [3.05, 3.63) is 0 Å². The molecule has 1 aliphatic rings. The minimum atomic E-state index is 0.408. The van der Waals surface area contributed by atoms with Crippen LogP contribution in [0, 0.1) is 35.5 Å². The molecule has 0 heterocycles. The molecular formula is C17H35N. The van der Waals surface area contributed by atoms with E-state index in [0.717, 1.165) is 29.6 Å².